The monoisotopic (exact) mass is 338 g/mol. The Hall–Kier alpha value is -0.0700. The van der Waals surface area contributed by atoms with Gasteiger partial charge >= 0.3 is 0 Å². The van der Waals surface area contributed by atoms with Gasteiger partial charge in [-0.3, -0.25) is 4.79 Å². The zero-order chi connectivity index (χ0) is 13.0. The fourth-order valence-electron chi connectivity index (χ4n) is 1.21. The Bertz CT molecular complexity index is 414. The number of carbonyl (C=O) groups excluding carboxylic acids is 1. The number of hydrogen-bond donors (Lipinski definition) is 2. The fourth-order valence-corrected chi connectivity index (χ4v) is 2.24. The highest BCUT2D eigenvalue weighted by molar-refractivity contribution is 9.10. The first-order valence-corrected chi connectivity index (χ1v) is 7.02. The molecule has 2 atom stereocenters. The molecule has 0 saturated heterocycles. The van der Waals surface area contributed by atoms with Crippen LogP contribution in [0.2, 0.25) is 5.02 Å². The Balaban J connectivity index is 2.70. The van der Waals surface area contributed by atoms with Gasteiger partial charge in [-0.2, -0.15) is 0 Å². The molecule has 0 amide bonds. The fraction of sp³-hybridized carbons (Fsp3) is 0.364. The lowest BCUT2D eigenvalue weighted by Crippen LogP contribution is -2.21. The minimum absolute atomic E-state index is 0.0925. The standard InChI is InChI=1S/C11H12BrClO3S/c1-6(14)17-5-10(15)11(16)7-2-3-8(12)9(13)4-7/h2-4,10-11,15-16H,5H2,1H3. The Kier molecular flexibility index (Phi) is 5.95. The lowest BCUT2D eigenvalue weighted by Gasteiger charge is -2.17. The summed E-state index contributed by atoms with van der Waals surface area (Å²) >= 11 is 10.1. The molecule has 0 saturated carbocycles. The summed E-state index contributed by atoms with van der Waals surface area (Å²) in [6.07, 6.45) is -2.05. The van der Waals surface area contributed by atoms with Gasteiger partial charge < -0.3 is 10.2 Å². The number of benzene rings is 1. The molecule has 0 aliphatic rings. The maximum Gasteiger partial charge on any atom is 0.185 e. The van der Waals surface area contributed by atoms with Crippen molar-refractivity contribution in [3.8, 4) is 0 Å². The van der Waals surface area contributed by atoms with E-state index in [1.807, 2.05) is 0 Å². The Labute approximate surface area is 117 Å². The van der Waals surface area contributed by atoms with Crippen molar-refractivity contribution in [2.75, 3.05) is 5.75 Å². The van der Waals surface area contributed by atoms with Gasteiger partial charge in [-0.15, -0.1) is 0 Å². The van der Waals surface area contributed by atoms with E-state index in [1.54, 1.807) is 18.2 Å². The second kappa shape index (κ2) is 6.75. The van der Waals surface area contributed by atoms with Crippen LogP contribution < -0.4 is 0 Å². The second-order valence-electron chi connectivity index (χ2n) is 3.49. The molecule has 0 bridgehead atoms. The highest BCUT2D eigenvalue weighted by Crippen LogP contribution is 2.28. The highest BCUT2D eigenvalue weighted by atomic mass is 79.9. The first kappa shape index (κ1) is 15.0. The average Bonchev–Trinajstić information content (AvgIpc) is 2.28. The van der Waals surface area contributed by atoms with E-state index in [1.165, 1.54) is 6.92 Å². The maximum atomic E-state index is 10.7. The van der Waals surface area contributed by atoms with E-state index in [-0.39, 0.29) is 10.9 Å². The van der Waals surface area contributed by atoms with Crippen molar-refractivity contribution in [2.24, 2.45) is 0 Å². The molecule has 0 aliphatic heterocycles. The van der Waals surface area contributed by atoms with Gasteiger partial charge in [0, 0.05) is 17.1 Å². The van der Waals surface area contributed by atoms with Crippen molar-refractivity contribution in [3.63, 3.8) is 0 Å². The zero-order valence-corrected chi connectivity index (χ0v) is 12.2. The third-order valence-corrected chi connectivity index (χ3v) is 4.25. The molecular formula is C11H12BrClO3S. The number of rotatable bonds is 4. The molecule has 0 heterocycles. The molecule has 1 aromatic carbocycles. The maximum absolute atomic E-state index is 10.7. The molecular weight excluding hydrogens is 328 g/mol. The summed E-state index contributed by atoms with van der Waals surface area (Å²) in [5, 5.41) is 19.9. The van der Waals surface area contributed by atoms with Crippen molar-refractivity contribution in [3.05, 3.63) is 33.3 Å². The van der Waals surface area contributed by atoms with Gasteiger partial charge in [0.15, 0.2) is 5.12 Å². The first-order valence-electron chi connectivity index (χ1n) is 4.86. The van der Waals surface area contributed by atoms with Crippen molar-refractivity contribution in [1.29, 1.82) is 0 Å². The van der Waals surface area contributed by atoms with Crippen LogP contribution in [0.1, 0.15) is 18.6 Å². The van der Waals surface area contributed by atoms with Crippen molar-refractivity contribution >= 4 is 44.4 Å². The molecule has 3 nitrogen and oxygen atoms in total. The number of aliphatic hydroxyl groups excluding tert-OH is 2. The van der Waals surface area contributed by atoms with E-state index in [0.29, 0.717) is 10.6 Å². The molecule has 94 valence electrons. The molecule has 1 rings (SSSR count). The summed E-state index contributed by atoms with van der Waals surface area (Å²) in [7, 11) is 0. The molecule has 2 N–H and O–H groups in total. The molecule has 2 unspecified atom stereocenters. The van der Waals surface area contributed by atoms with Crippen LogP contribution in [0.5, 0.6) is 0 Å². The summed E-state index contributed by atoms with van der Waals surface area (Å²) in [5.41, 5.74) is 0.523. The zero-order valence-electron chi connectivity index (χ0n) is 9.06. The van der Waals surface area contributed by atoms with Crippen molar-refractivity contribution in [1.82, 2.24) is 0 Å². The van der Waals surface area contributed by atoms with E-state index >= 15 is 0 Å². The van der Waals surface area contributed by atoms with E-state index in [2.05, 4.69) is 15.9 Å². The highest BCUT2D eigenvalue weighted by Gasteiger charge is 2.19. The lowest BCUT2D eigenvalue weighted by atomic mass is 10.1. The minimum atomic E-state index is -1.05. The molecule has 17 heavy (non-hydrogen) atoms. The van der Waals surface area contributed by atoms with Crippen LogP contribution in [0, 0.1) is 0 Å². The van der Waals surface area contributed by atoms with Crippen molar-refractivity contribution < 1.29 is 15.0 Å². The van der Waals surface area contributed by atoms with E-state index < -0.39 is 12.2 Å². The minimum Gasteiger partial charge on any atom is -0.389 e. The number of halogens is 2. The van der Waals surface area contributed by atoms with Crippen LogP contribution >= 0.6 is 39.3 Å². The quantitative estimate of drug-likeness (QED) is 0.885. The smallest absolute Gasteiger partial charge is 0.185 e. The molecule has 0 fully saturated rings. The molecule has 0 aliphatic carbocycles. The van der Waals surface area contributed by atoms with E-state index in [4.69, 9.17) is 11.6 Å². The van der Waals surface area contributed by atoms with Gasteiger partial charge in [0.25, 0.3) is 0 Å². The Morgan fingerprint density at radius 3 is 2.71 bits per heavy atom. The molecule has 1 aromatic rings. The molecule has 6 heteroatoms. The third kappa shape index (κ3) is 4.60. The number of thioether (sulfide) groups is 1. The third-order valence-electron chi connectivity index (χ3n) is 2.11. The van der Waals surface area contributed by atoms with E-state index in [9.17, 15) is 15.0 Å². The van der Waals surface area contributed by atoms with Crippen molar-refractivity contribution in [2.45, 2.75) is 19.1 Å². The van der Waals surface area contributed by atoms with Crippen LogP contribution in [-0.2, 0) is 4.79 Å². The summed E-state index contributed by atoms with van der Waals surface area (Å²) in [4.78, 5) is 10.7. The molecule has 0 spiro atoms. The second-order valence-corrected chi connectivity index (χ2v) is 5.95. The van der Waals surface area contributed by atoms with Crippen LogP contribution in [0.4, 0.5) is 0 Å². The first-order chi connectivity index (χ1) is 7.91. The normalized spacial score (nSPS) is 14.4. The van der Waals surface area contributed by atoms with Crippen LogP contribution in [-0.4, -0.2) is 27.2 Å². The van der Waals surface area contributed by atoms with Crippen LogP contribution in [0.3, 0.4) is 0 Å². The van der Waals surface area contributed by atoms with Gasteiger partial charge in [0.1, 0.15) is 6.10 Å². The SMILES string of the molecule is CC(=O)SCC(O)C(O)c1ccc(Br)c(Cl)c1. The van der Waals surface area contributed by atoms with Gasteiger partial charge in [-0.1, -0.05) is 29.4 Å². The lowest BCUT2D eigenvalue weighted by molar-refractivity contribution is -0.109. The van der Waals surface area contributed by atoms with Gasteiger partial charge in [0.2, 0.25) is 0 Å². The predicted octanol–water partition coefficient (Wildman–Crippen LogP) is 2.78. The number of hydrogen-bond acceptors (Lipinski definition) is 4. The topological polar surface area (TPSA) is 57.5 Å². The molecule has 0 radical (unpaired) electrons. The van der Waals surface area contributed by atoms with Crippen LogP contribution in [0.15, 0.2) is 22.7 Å². The largest absolute Gasteiger partial charge is 0.389 e. The average molecular weight is 340 g/mol. The number of aliphatic hydroxyl groups is 2. The summed E-state index contributed by atoms with van der Waals surface area (Å²) in [6.45, 7) is 1.42. The Morgan fingerprint density at radius 2 is 2.18 bits per heavy atom. The van der Waals surface area contributed by atoms with Gasteiger partial charge in [-0.25, -0.2) is 0 Å². The van der Waals surface area contributed by atoms with Crippen LogP contribution in [0.25, 0.3) is 0 Å². The van der Waals surface area contributed by atoms with E-state index in [0.717, 1.165) is 16.2 Å². The Morgan fingerprint density at radius 1 is 1.53 bits per heavy atom. The van der Waals surface area contributed by atoms with Gasteiger partial charge in [0.05, 0.1) is 11.1 Å². The number of carbonyl (C=O) groups is 1. The summed E-state index contributed by atoms with van der Waals surface area (Å²) in [6, 6.07) is 4.95. The summed E-state index contributed by atoms with van der Waals surface area (Å²) in [5.74, 6) is 0.157. The van der Waals surface area contributed by atoms with Gasteiger partial charge in [-0.05, 0) is 33.6 Å². The molecule has 0 aromatic heterocycles. The predicted molar refractivity (Wildman–Crippen MR) is 73.3 cm³/mol. The summed E-state index contributed by atoms with van der Waals surface area (Å²) < 4.78 is 0.725.